The molecule has 4 heterocycles. The second-order valence-corrected chi connectivity index (χ2v) is 9.67. The Morgan fingerprint density at radius 1 is 1.35 bits per heavy atom. The van der Waals surface area contributed by atoms with Gasteiger partial charge in [0, 0.05) is 88.4 Å². The summed E-state index contributed by atoms with van der Waals surface area (Å²) < 4.78 is 21.3. The molecule has 31 heavy (non-hydrogen) atoms. The van der Waals surface area contributed by atoms with Crippen LogP contribution in [0.5, 0.6) is 0 Å². The summed E-state index contributed by atoms with van der Waals surface area (Å²) in [4.78, 5) is 10.7. The fraction of sp³-hybridized carbons (Fsp3) is 0.238. The van der Waals surface area contributed by atoms with Gasteiger partial charge < -0.3 is 10.6 Å². The third kappa shape index (κ3) is 4.00. The number of nitriles is 1. The van der Waals surface area contributed by atoms with Gasteiger partial charge in [0.25, 0.3) is 0 Å². The third-order valence-electron chi connectivity index (χ3n) is 5.28. The van der Waals surface area contributed by atoms with Crippen LogP contribution in [0.15, 0.2) is 48.0 Å². The van der Waals surface area contributed by atoms with E-state index in [-0.39, 0.29) is 0 Å². The number of hydrogen-bond acceptors (Lipinski definition) is 8. The lowest BCUT2D eigenvalue weighted by Gasteiger charge is -2.29. The first-order chi connectivity index (χ1) is 15.0. The van der Waals surface area contributed by atoms with Crippen LogP contribution in [0.4, 0.5) is 5.82 Å². The van der Waals surface area contributed by atoms with Crippen LogP contribution >= 0.6 is 0 Å². The number of aliphatic imine (C=N–C) groups is 1. The first-order valence-electron chi connectivity index (χ1n) is 9.67. The lowest BCUT2D eigenvalue weighted by molar-refractivity contribution is 0.663. The van der Waals surface area contributed by atoms with E-state index >= 15 is 0 Å². The zero-order valence-corrected chi connectivity index (χ0v) is 17.8. The van der Waals surface area contributed by atoms with Crippen molar-refractivity contribution in [3.63, 3.8) is 0 Å². The Morgan fingerprint density at radius 2 is 2.13 bits per heavy atom. The fourth-order valence-electron chi connectivity index (χ4n) is 3.62. The highest BCUT2D eigenvalue weighted by atomic mass is 32.2. The minimum Gasteiger partial charge on any atom is -0.404 e. The van der Waals surface area contributed by atoms with Crippen LogP contribution in [0.1, 0.15) is 11.1 Å². The number of nitrogens with one attached hydrogen (secondary N) is 1. The zero-order valence-electron chi connectivity index (χ0n) is 17.0. The van der Waals surface area contributed by atoms with E-state index in [1.807, 2.05) is 29.3 Å². The largest absolute Gasteiger partial charge is 0.404 e. The molecule has 0 radical (unpaired) electrons. The molecule has 0 atom stereocenters. The van der Waals surface area contributed by atoms with Gasteiger partial charge in [-0.3, -0.25) is 9.77 Å². The first kappa shape index (κ1) is 20.6. The Labute approximate surface area is 180 Å². The van der Waals surface area contributed by atoms with Crippen LogP contribution < -0.4 is 10.6 Å². The molecule has 0 unspecified atom stereocenters. The van der Waals surface area contributed by atoms with E-state index in [1.165, 1.54) is 12.4 Å². The molecule has 3 N–H and O–H groups in total. The monoisotopic (exact) mass is 434 g/mol. The van der Waals surface area contributed by atoms with Crippen LogP contribution in [0.3, 0.4) is 0 Å². The molecular formula is C21H22N8OS. The number of nitrogens with two attached hydrogens (primary N) is 1. The van der Waals surface area contributed by atoms with E-state index in [2.05, 4.69) is 21.1 Å². The summed E-state index contributed by atoms with van der Waals surface area (Å²) in [5.74, 6) is 1.49. The molecule has 0 aliphatic carbocycles. The average Bonchev–Trinajstić information content (AvgIpc) is 3.20. The number of pyridine rings is 2. The number of fused-ring (bicyclic) bond motifs is 1. The topological polar surface area (TPSA) is 137 Å². The summed E-state index contributed by atoms with van der Waals surface area (Å²) in [6, 6.07) is 8.00. The van der Waals surface area contributed by atoms with Gasteiger partial charge in [-0.1, -0.05) is 0 Å². The van der Waals surface area contributed by atoms with Crippen LogP contribution in [-0.2, 0) is 9.73 Å². The van der Waals surface area contributed by atoms with Crippen molar-refractivity contribution < 1.29 is 4.21 Å². The average molecular weight is 435 g/mol. The molecule has 1 fully saturated rings. The molecule has 1 saturated heterocycles. The van der Waals surface area contributed by atoms with Crippen molar-refractivity contribution in [2.75, 3.05) is 36.5 Å². The van der Waals surface area contributed by atoms with Gasteiger partial charge in [0.2, 0.25) is 0 Å². The third-order valence-corrected chi connectivity index (χ3v) is 6.96. The number of anilines is 1. The molecular weight excluding hydrogens is 412 g/mol. The highest BCUT2D eigenvalue weighted by Gasteiger charge is 2.20. The predicted octanol–water partition coefficient (Wildman–Crippen LogP) is 2.13. The standard InChI is InChI=1S/C21H22N8OS/c1-25-11-17(9-22)16-8-19(21-18(10-23)13-27-29(21)14-16)15-2-3-20(26-12-15)28-4-6-31(24,30)7-5-28/h2-3,8-9,11-14,24H,4-7,22H2,1H3. The zero-order chi connectivity index (χ0) is 22.0. The van der Waals surface area contributed by atoms with Crippen molar-refractivity contribution in [3.05, 3.63) is 54.1 Å². The maximum absolute atomic E-state index is 11.9. The molecule has 158 valence electrons. The summed E-state index contributed by atoms with van der Waals surface area (Å²) in [7, 11) is -0.783. The van der Waals surface area contributed by atoms with Crippen molar-refractivity contribution in [3.8, 4) is 17.2 Å². The molecule has 0 saturated carbocycles. The number of rotatable bonds is 4. The maximum atomic E-state index is 11.9. The predicted molar refractivity (Wildman–Crippen MR) is 123 cm³/mol. The summed E-state index contributed by atoms with van der Waals surface area (Å²) in [5.41, 5.74) is 10.1. The highest BCUT2D eigenvalue weighted by Crippen LogP contribution is 2.30. The fourth-order valence-corrected chi connectivity index (χ4v) is 4.86. The lowest BCUT2D eigenvalue weighted by atomic mass is 10.0. The van der Waals surface area contributed by atoms with Gasteiger partial charge in [-0.25, -0.2) is 13.7 Å². The number of aromatic nitrogens is 3. The molecule has 0 amide bonds. The molecule has 9 nitrogen and oxygen atoms in total. The van der Waals surface area contributed by atoms with Gasteiger partial charge in [0.15, 0.2) is 0 Å². The molecule has 0 aromatic carbocycles. The van der Waals surface area contributed by atoms with Crippen molar-refractivity contribution in [1.29, 1.82) is 10.0 Å². The van der Waals surface area contributed by atoms with E-state index < -0.39 is 9.73 Å². The first-order valence-corrected chi connectivity index (χ1v) is 11.6. The Hall–Kier alpha value is -3.71. The number of hydrogen-bond donors (Lipinski definition) is 2. The highest BCUT2D eigenvalue weighted by molar-refractivity contribution is 7.92. The van der Waals surface area contributed by atoms with Crippen LogP contribution in [0.25, 0.3) is 22.2 Å². The molecule has 0 spiro atoms. The van der Waals surface area contributed by atoms with Crippen LogP contribution in [-0.4, -0.2) is 56.7 Å². The Bertz CT molecular complexity index is 1320. The smallest absolute Gasteiger partial charge is 0.128 e. The Morgan fingerprint density at radius 3 is 2.74 bits per heavy atom. The quantitative estimate of drug-likeness (QED) is 0.604. The van der Waals surface area contributed by atoms with Crippen molar-refractivity contribution in [1.82, 2.24) is 14.6 Å². The summed E-state index contributed by atoms with van der Waals surface area (Å²) in [5, 5.41) is 13.9. The molecule has 3 aromatic heterocycles. The van der Waals surface area contributed by atoms with Crippen LogP contribution in [0, 0.1) is 16.1 Å². The summed E-state index contributed by atoms with van der Waals surface area (Å²) >= 11 is 0. The molecule has 0 bridgehead atoms. The second kappa shape index (κ2) is 8.20. The van der Waals surface area contributed by atoms with Gasteiger partial charge in [0.05, 0.1) is 17.3 Å². The summed E-state index contributed by atoms with van der Waals surface area (Å²) in [6.45, 7) is 1.10. The minimum atomic E-state index is -2.46. The van der Waals surface area contributed by atoms with E-state index in [4.69, 9.17) is 10.5 Å². The van der Waals surface area contributed by atoms with Gasteiger partial charge in [-0.15, -0.1) is 0 Å². The van der Waals surface area contributed by atoms with Crippen LogP contribution in [0.2, 0.25) is 0 Å². The van der Waals surface area contributed by atoms with E-state index in [9.17, 15) is 9.47 Å². The molecule has 1 aliphatic heterocycles. The Kier molecular flexibility index (Phi) is 5.44. The number of allylic oxidation sites excluding steroid dienone is 1. The Balaban J connectivity index is 1.78. The molecule has 10 heteroatoms. The molecule has 4 rings (SSSR count). The number of nitrogens with zero attached hydrogens (tertiary/aromatic N) is 6. The second-order valence-electron chi connectivity index (χ2n) is 7.23. The maximum Gasteiger partial charge on any atom is 0.128 e. The van der Waals surface area contributed by atoms with Gasteiger partial charge in [-0.05, 0) is 18.2 Å². The van der Waals surface area contributed by atoms with Gasteiger partial charge in [0.1, 0.15) is 11.9 Å². The van der Waals surface area contributed by atoms with Crippen molar-refractivity contribution >= 4 is 32.9 Å². The minimum absolute atomic E-state index is 0.355. The lowest BCUT2D eigenvalue weighted by Crippen LogP contribution is -2.40. The van der Waals surface area contributed by atoms with Crippen molar-refractivity contribution in [2.24, 2.45) is 10.7 Å². The van der Waals surface area contributed by atoms with E-state index in [1.54, 1.807) is 24.0 Å². The van der Waals surface area contributed by atoms with Gasteiger partial charge >= 0.3 is 0 Å². The van der Waals surface area contributed by atoms with Crippen molar-refractivity contribution in [2.45, 2.75) is 0 Å². The van der Waals surface area contributed by atoms with E-state index in [0.29, 0.717) is 35.7 Å². The molecule has 1 aliphatic rings. The van der Waals surface area contributed by atoms with Gasteiger partial charge in [-0.2, -0.15) is 10.4 Å². The SMILES string of the molecule is CN=CC(=CN)c1cc(-c2ccc(N3CCS(=N)(=O)CC3)nc2)c2c(C#N)cnn2c1. The normalized spacial score (nSPS) is 16.6. The summed E-state index contributed by atoms with van der Waals surface area (Å²) in [6.07, 6.45) is 8.26. The van der Waals surface area contributed by atoms with E-state index in [0.717, 1.165) is 28.1 Å². The molecule has 3 aromatic rings.